The summed E-state index contributed by atoms with van der Waals surface area (Å²) in [4.78, 5) is 9.96. The minimum Gasteiger partial charge on any atom is -0.288 e. The van der Waals surface area contributed by atoms with Gasteiger partial charge in [-0.1, -0.05) is 146 Å². The standard InChI is InChI=1S/C35H28N3P/c1-6-16-28(17-7-1)26-36-27-33-32-24-14-5-15-25-34(32)37-35(33)38-39(29-18-8-2-9-19-29,30-20-10-3-11-21-30)31-22-12-4-13-23-31/h1-25,27H,26H2. The van der Waals surface area contributed by atoms with Crippen LogP contribution < -0.4 is 15.9 Å². The zero-order chi connectivity index (χ0) is 26.3. The van der Waals surface area contributed by atoms with Crippen molar-refractivity contribution >= 4 is 35.0 Å². The summed E-state index contributed by atoms with van der Waals surface area (Å²) in [5.74, 6) is 0.720. The van der Waals surface area contributed by atoms with Crippen molar-refractivity contribution in [3.63, 3.8) is 0 Å². The van der Waals surface area contributed by atoms with Gasteiger partial charge in [0.25, 0.3) is 0 Å². The van der Waals surface area contributed by atoms with Crippen molar-refractivity contribution < 1.29 is 0 Å². The van der Waals surface area contributed by atoms with Crippen LogP contribution in [0.25, 0.3) is 11.3 Å². The molecule has 0 saturated heterocycles. The quantitative estimate of drug-likeness (QED) is 0.157. The minimum absolute atomic E-state index is 0.599. The highest BCUT2D eigenvalue weighted by atomic mass is 31.2. The Morgan fingerprint density at radius 3 is 1.54 bits per heavy atom. The van der Waals surface area contributed by atoms with Crippen molar-refractivity contribution in [1.29, 1.82) is 0 Å². The van der Waals surface area contributed by atoms with Crippen LogP contribution in [0, 0.1) is 0 Å². The normalized spacial score (nSPS) is 11.6. The Balaban J connectivity index is 1.64. The largest absolute Gasteiger partial charge is 0.288 e. The molecule has 0 atom stereocenters. The molecule has 0 unspecified atom stereocenters. The molecule has 0 saturated carbocycles. The number of rotatable bonds is 7. The fraction of sp³-hybridized carbons (Fsp3) is 0.0286. The molecule has 4 aromatic carbocycles. The molecular weight excluding hydrogens is 493 g/mol. The maximum Gasteiger partial charge on any atom is 0.161 e. The molecule has 39 heavy (non-hydrogen) atoms. The average Bonchev–Trinajstić information content (AvgIpc) is 3.15. The fourth-order valence-electron chi connectivity index (χ4n) is 4.88. The number of aromatic nitrogens is 1. The van der Waals surface area contributed by atoms with Crippen molar-refractivity contribution in [3.05, 3.63) is 163 Å². The summed E-state index contributed by atoms with van der Waals surface area (Å²) in [6.45, 7) is 0.599. The fourth-order valence-corrected chi connectivity index (χ4v) is 8.37. The van der Waals surface area contributed by atoms with E-state index in [1.807, 2.05) is 36.5 Å². The van der Waals surface area contributed by atoms with Crippen molar-refractivity contribution in [2.24, 2.45) is 9.74 Å². The van der Waals surface area contributed by atoms with Crippen molar-refractivity contribution in [3.8, 4) is 11.3 Å². The molecule has 4 heteroatoms. The van der Waals surface area contributed by atoms with Gasteiger partial charge >= 0.3 is 0 Å². The van der Waals surface area contributed by atoms with Gasteiger partial charge in [0.1, 0.15) is 0 Å². The van der Waals surface area contributed by atoms with Gasteiger partial charge in [0.05, 0.1) is 19.3 Å². The summed E-state index contributed by atoms with van der Waals surface area (Å²) in [5.41, 5.74) is 4.07. The molecular formula is C35H28N3P. The molecule has 6 rings (SSSR count). The molecule has 1 aliphatic heterocycles. The van der Waals surface area contributed by atoms with Gasteiger partial charge in [-0.05, 0) is 11.6 Å². The second-order valence-electron chi connectivity index (χ2n) is 9.26. The van der Waals surface area contributed by atoms with E-state index in [0.717, 1.165) is 22.6 Å². The molecule has 0 N–H and O–H groups in total. The van der Waals surface area contributed by atoms with Crippen molar-refractivity contribution in [2.75, 3.05) is 0 Å². The molecule has 0 fully saturated rings. The van der Waals surface area contributed by atoms with E-state index in [-0.39, 0.29) is 0 Å². The smallest absolute Gasteiger partial charge is 0.161 e. The topological polar surface area (TPSA) is 37.6 Å². The Bertz CT molecular complexity index is 1610. The lowest BCUT2D eigenvalue weighted by molar-refractivity contribution is 1.08. The summed E-state index contributed by atoms with van der Waals surface area (Å²) < 4.78 is 5.69. The Kier molecular flexibility index (Phi) is 7.25. The van der Waals surface area contributed by atoms with Gasteiger partial charge in [0, 0.05) is 33.3 Å². The lowest BCUT2D eigenvalue weighted by Crippen LogP contribution is -2.25. The molecule has 0 radical (unpaired) electrons. The molecule has 0 spiro atoms. The molecule has 0 amide bonds. The first-order valence-corrected chi connectivity index (χ1v) is 14.8. The van der Waals surface area contributed by atoms with E-state index in [2.05, 4.69) is 121 Å². The molecule has 0 aromatic heterocycles. The number of aliphatic imine (C=N–C) groups is 1. The van der Waals surface area contributed by atoms with Gasteiger partial charge in [-0.3, -0.25) is 4.99 Å². The van der Waals surface area contributed by atoms with Gasteiger partial charge in [0.15, 0.2) is 5.82 Å². The Hall–Kier alpha value is -4.59. The Labute approximate surface area is 230 Å². The predicted octanol–water partition coefficient (Wildman–Crippen LogP) is 7.61. The predicted molar refractivity (Wildman–Crippen MR) is 166 cm³/mol. The molecule has 1 aliphatic carbocycles. The second kappa shape index (κ2) is 11.4. The number of fused-ring (bicyclic) bond motifs is 1. The van der Waals surface area contributed by atoms with Gasteiger partial charge in [0.2, 0.25) is 0 Å². The van der Waals surface area contributed by atoms with E-state index in [9.17, 15) is 0 Å². The maximum atomic E-state index is 5.69. The first-order valence-electron chi connectivity index (χ1n) is 13.1. The van der Waals surface area contributed by atoms with E-state index >= 15 is 0 Å². The monoisotopic (exact) mass is 521 g/mol. The van der Waals surface area contributed by atoms with Gasteiger partial charge in [-0.25, -0.2) is 9.73 Å². The van der Waals surface area contributed by atoms with E-state index in [4.69, 9.17) is 14.7 Å². The highest BCUT2D eigenvalue weighted by Crippen LogP contribution is 2.50. The first-order chi connectivity index (χ1) is 19.3. The van der Waals surface area contributed by atoms with Crippen LogP contribution in [0.5, 0.6) is 0 Å². The third-order valence-corrected chi connectivity index (χ3v) is 10.4. The highest BCUT2D eigenvalue weighted by molar-refractivity contribution is 7.87. The molecule has 188 valence electrons. The van der Waals surface area contributed by atoms with Crippen LogP contribution in [0.4, 0.5) is 5.82 Å². The van der Waals surface area contributed by atoms with Crippen LogP contribution in [0.2, 0.25) is 0 Å². The molecule has 1 heterocycles. The third-order valence-electron chi connectivity index (χ3n) is 6.74. The number of hydrogen-bond donors (Lipinski definition) is 0. The van der Waals surface area contributed by atoms with Crippen molar-refractivity contribution in [2.45, 2.75) is 6.54 Å². The maximum absolute atomic E-state index is 5.69. The molecule has 3 nitrogen and oxygen atoms in total. The van der Waals surface area contributed by atoms with Gasteiger partial charge < -0.3 is 0 Å². The lowest BCUT2D eigenvalue weighted by atomic mass is 10.1. The third kappa shape index (κ3) is 5.10. The number of nitrogens with zero attached hydrogens (tertiary/aromatic N) is 3. The van der Waals surface area contributed by atoms with Crippen LogP contribution in [-0.2, 0) is 6.54 Å². The van der Waals surface area contributed by atoms with E-state index in [1.54, 1.807) is 0 Å². The zero-order valence-corrected chi connectivity index (χ0v) is 22.4. The Morgan fingerprint density at radius 2 is 1.00 bits per heavy atom. The summed E-state index contributed by atoms with van der Waals surface area (Å²) in [6.07, 6.45) is 1.96. The average molecular weight is 522 g/mol. The van der Waals surface area contributed by atoms with Crippen LogP contribution >= 0.6 is 7.05 Å². The Morgan fingerprint density at radius 1 is 0.538 bits per heavy atom. The highest BCUT2D eigenvalue weighted by Gasteiger charge is 2.29. The molecule has 4 aromatic rings. The lowest BCUT2D eigenvalue weighted by Gasteiger charge is -2.26. The number of hydrogen-bond acceptors (Lipinski definition) is 3. The molecule has 0 bridgehead atoms. The van der Waals surface area contributed by atoms with E-state index in [1.165, 1.54) is 21.5 Å². The molecule has 2 aliphatic rings. The van der Waals surface area contributed by atoms with Crippen molar-refractivity contribution in [1.82, 2.24) is 4.98 Å². The van der Waals surface area contributed by atoms with Crippen LogP contribution in [0.15, 0.2) is 161 Å². The second-order valence-corrected chi connectivity index (χ2v) is 12.3. The summed E-state index contributed by atoms with van der Waals surface area (Å²) in [5, 5.41) is 3.56. The summed E-state index contributed by atoms with van der Waals surface area (Å²) in [6, 6.07) is 52.5. The van der Waals surface area contributed by atoms with E-state index < -0.39 is 7.05 Å². The minimum atomic E-state index is -2.47. The summed E-state index contributed by atoms with van der Waals surface area (Å²) in [7, 11) is -2.47. The first kappa shape index (κ1) is 24.7. The van der Waals surface area contributed by atoms with Gasteiger partial charge in [-0.15, -0.1) is 0 Å². The SMILES string of the molecule is C(=NCc1ccccc1)c1c2cccccc-2nc1N=P(c1ccccc1)(c1ccccc1)c1ccccc1. The number of benzene rings is 4. The van der Waals surface area contributed by atoms with Crippen LogP contribution in [0.3, 0.4) is 0 Å². The zero-order valence-electron chi connectivity index (χ0n) is 21.5. The van der Waals surface area contributed by atoms with E-state index in [0.29, 0.717) is 6.54 Å². The van der Waals surface area contributed by atoms with Crippen LogP contribution in [-0.4, -0.2) is 11.2 Å². The summed E-state index contributed by atoms with van der Waals surface area (Å²) >= 11 is 0. The van der Waals surface area contributed by atoms with Crippen LogP contribution in [0.1, 0.15) is 11.1 Å². The van der Waals surface area contributed by atoms with Gasteiger partial charge in [-0.2, -0.15) is 0 Å².